The average Bonchev–Trinajstić information content (AvgIpc) is 3.24. The molecule has 0 saturated carbocycles. The number of carbonyl (C=O) groups excluding carboxylic acids is 3. The van der Waals surface area contributed by atoms with Crippen LogP contribution < -0.4 is 0 Å². The van der Waals surface area contributed by atoms with Gasteiger partial charge in [0.1, 0.15) is 13.2 Å². The van der Waals surface area contributed by atoms with Gasteiger partial charge in [0.15, 0.2) is 6.10 Å². The van der Waals surface area contributed by atoms with Crippen molar-refractivity contribution in [1.29, 1.82) is 0 Å². The van der Waals surface area contributed by atoms with E-state index in [0.717, 1.165) is 96.3 Å². The molecule has 0 aliphatic carbocycles. The quantitative estimate of drug-likeness (QED) is 0.0263. The Morgan fingerprint density at radius 1 is 0.350 bits per heavy atom. The van der Waals surface area contributed by atoms with E-state index >= 15 is 0 Å². The zero-order chi connectivity index (χ0) is 43.7. The van der Waals surface area contributed by atoms with Crippen LogP contribution in [0.25, 0.3) is 0 Å². The molecule has 0 radical (unpaired) electrons. The third-order valence-electron chi connectivity index (χ3n) is 11.1. The molecule has 348 valence electrons. The van der Waals surface area contributed by atoms with Crippen molar-refractivity contribution in [3.63, 3.8) is 0 Å². The van der Waals surface area contributed by atoms with Gasteiger partial charge in [-0.3, -0.25) is 14.4 Å². The summed E-state index contributed by atoms with van der Waals surface area (Å²) in [4.78, 5) is 37.9. The topological polar surface area (TPSA) is 78.9 Å². The Bertz CT molecular complexity index is 1060. The fourth-order valence-electron chi connectivity index (χ4n) is 7.22. The number of allylic oxidation sites excluding steroid dienone is 8. The van der Waals surface area contributed by atoms with Crippen molar-refractivity contribution in [2.24, 2.45) is 0 Å². The minimum Gasteiger partial charge on any atom is -0.462 e. The molecular formula is C54H96O6. The predicted molar refractivity (Wildman–Crippen MR) is 256 cm³/mol. The lowest BCUT2D eigenvalue weighted by molar-refractivity contribution is -0.167. The van der Waals surface area contributed by atoms with E-state index in [2.05, 4.69) is 69.4 Å². The number of unbranched alkanes of at least 4 members (excludes halogenated alkanes) is 27. The zero-order valence-corrected chi connectivity index (χ0v) is 39.7. The summed E-state index contributed by atoms with van der Waals surface area (Å²) in [7, 11) is 0. The summed E-state index contributed by atoms with van der Waals surface area (Å²) in [6.07, 6.45) is 58.0. The first kappa shape index (κ1) is 57.4. The van der Waals surface area contributed by atoms with Crippen molar-refractivity contribution in [3.05, 3.63) is 48.6 Å². The van der Waals surface area contributed by atoms with Gasteiger partial charge in [0.25, 0.3) is 0 Å². The molecule has 0 aromatic heterocycles. The van der Waals surface area contributed by atoms with Crippen LogP contribution >= 0.6 is 0 Å². The van der Waals surface area contributed by atoms with E-state index in [9.17, 15) is 14.4 Å². The molecule has 0 aliphatic heterocycles. The number of esters is 3. The highest BCUT2D eigenvalue weighted by atomic mass is 16.6. The summed E-state index contributed by atoms with van der Waals surface area (Å²) in [5.74, 6) is -0.890. The summed E-state index contributed by atoms with van der Waals surface area (Å²) in [6.45, 7) is 6.51. The Labute approximate surface area is 371 Å². The molecule has 0 aromatic carbocycles. The smallest absolute Gasteiger partial charge is 0.306 e. The van der Waals surface area contributed by atoms with Gasteiger partial charge in [-0.25, -0.2) is 0 Å². The molecule has 0 heterocycles. The van der Waals surface area contributed by atoms with Crippen molar-refractivity contribution in [1.82, 2.24) is 0 Å². The molecule has 0 spiro atoms. The molecule has 0 N–H and O–H groups in total. The number of rotatable bonds is 46. The Hall–Kier alpha value is -2.63. The van der Waals surface area contributed by atoms with E-state index in [1.54, 1.807) is 0 Å². The molecule has 0 aliphatic rings. The SMILES string of the molecule is CC/C=C\C/C=C\C/C=C\CCCCCCCCCC(=O)OCC(COC(=O)CCCCCCCCCCCCC)OC(=O)CCCCCCC/C=C\CCCCCCC. The van der Waals surface area contributed by atoms with Crippen LogP contribution in [-0.4, -0.2) is 37.2 Å². The van der Waals surface area contributed by atoms with Crippen molar-refractivity contribution in [2.45, 2.75) is 264 Å². The van der Waals surface area contributed by atoms with Crippen molar-refractivity contribution >= 4 is 17.9 Å². The van der Waals surface area contributed by atoms with Crippen LogP contribution in [0, 0.1) is 0 Å². The fourth-order valence-corrected chi connectivity index (χ4v) is 7.22. The lowest BCUT2D eigenvalue weighted by Gasteiger charge is -2.18. The number of carbonyl (C=O) groups is 3. The highest BCUT2D eigenvalue weighted by Gasteiger charge is 2.19. The number of hydrogen-bond acceptors (Lipinski definition) is 6. The lowest BCUT2D eigenvalue weighted by Crippen LogP contribution is -2.30. The van der Waals surface area contributed by atoms with Gasteiger partial charge in [-0.05, 0) is 77.0 Å². The van der Waals surface area contributed by atoms with E-state index in [4.69, 9.17) is 14.2 Å². The van der Waals surface area contributed by atoms with Gasteiger partial charge in [0.05, 0.1) is 0 Å². The van der Waals surface area contributed by atoms with Crippen molar-refractivity contribution in [2.75, 3.05) is 13.2 Å². The van der Waals surface area contributed by atoms with Crippen LogP contribution in [0.2, 0.25) is 0 Å². The van der Waals surface area contributed by atoms with E-state index in [0.29, 0.717) is 19.3 Å². The van der Waals surface area contributed by atoms with Gasteiger partial charge >= 0.3 is 17.9 Å². The molecule has 0 rings (SSSR count). The van der Waals surface area contributed by atoms with Gasteiger partial charge in [0.2, 0.25) is 0 Å². The molecule has 6 nitrogen and oxygen atoms in total. The maximum absolute atomic E-state index is 12.8. The molecule has 0 bridgehead atoms. The summed E-state index contributed by atoms with van der Waals surface area (Å²) in [6, 6.07) is 0. The largest absolute Gasteiger partial charge is 0.462 e. The molecule has 0 saturated heterocycles. The minimum atomic E-state index is -0.777. The van der Waals surface area contributed by atoms with E-state index in [-0.39, 0.29) is 31.1 Å². The van der Waals surface area contributed by atoms with Crippen LogP contribution in [0.4, 0.5) is 0 Å². The Balaban J connectivity index is 4.37. The van der Waals surface area contributed by atoms with Crippen LogP contribution in [0.1, 0.15) is 258 Å². The van der Waals surface area contributed by atoms with Gasteiger partial charge in [-0.2, -0.15) is 0 Å². The first-order valence-electron chi connectivity index (χ1n) is 25.6. The third-order valence-corrected chi connectivity index (χ3v) is 11.1. The van der Waals surface area contributed by atoms with E-state index < -0.39 is 6.10 Å². The molecule has 6 heteroatoms. The normalized spacial score (nSPS) is 12.4. The zero-order valence-electron chi connectivity index (χ0n) is 39.7. The molecule has 1 unspecified atom stereocenters. The molecule has 1 atom stereocenters. The lowest BCUT2D eigenvalue weighted by atomic mass is 10.1. The maximum atomic E-state index is 12.8. The van der Waals surface area contributed by atoms with Crippen molar-refractivity contribution < 1.29 is 28.6 Å². The highest BCUT2D eigenvalue weighted by Crippen LogP contribution is 2.15. The Morgan fingerprint density at radius 3 is 1.03 bits per heavy atom. The Morgan fingerprint density at radius 2 is 0.650 bits per heavy atom. The van der Waals surface area contributed by atoms with Crippen LogP contribution in [0.5, 0.6) is 0 Å². The number of ether oxygens (including phenoxy) is 3. The highest BCUT2D eigenvalue weighted by molar-refractivity contribution is 5.71. The second-order valence-electron chi connectivity index (χ2n) is 17.1. The maximum Gasteiger partial charge on any atom is 0.306 e. The first-order valence-corrected chi connectivity index (χ1v) is 25.6. The van der Waals surface area contributed by atoms with Crippen molar-refractivity contribution in [3.8, 4) is 0 Å². The fraction of sp³-hybridized carbons (Fsp3) is 0.796. The summed E-state index contributed by atoms with van der Waals surface area (Å²) in [5.41, 5.74) is 0. The molecular weight excluding hydrogens is 745 g/mol. The van der Waals surface area contributed by atoms with Gasteiger partial charge in [-0.15, -0.1) is 0 Å². The van der Waals surface area contributed by atoms with Crippen LogP contribution in [0.3, 0.4) is 0 Å². The van der Waals surface area contributed by atoms with Crippen LogP contribution in [-0.2, 0) is 28.6 Å². The van der Waals surface area contributed by atoms with Gasteiger partial charge in [-0.1, -0.05) is 211 Å². The van der Waals surface area contributed by atoms with E-state index in [1.165, 1.54) is 122 Å². The molecule has 0 amide bonds. The van der Waals surface area contributed by atoms with Gasteiger partial charge < -0.3 is 14.2 Å². The monoisotopic (exact) mass is 841 g/mol. The third kappa shape index (κ3) is 46.4. The summed E-state index contributed by atoms with van der Waals surface area (Å²) in [5, 5.41) is 0. The molecule has 0 fully saturated rings. The summed E-state index contributed by atoms with van der Waals surface area (Å²) >= 11 is 0. The standard InChI is InChI=1S/C54H96O6/c1-4-7-10-13-16-19-22-24-26-27-28-30-32-35-38-41-44-47-53(56)59-50-51(49-58-52(55)46-43-40-37-34-31-21-18-15-12-9-6-3)60-54(57)48-45-42-39-36-33-29-25-23-20-17-14-11-8-5-2/h7,10,16,19,23-26,51H,4-6,8-9,11-15,17-18,20-22,27-50H2,1-3H3/b10-7-,19-16-,25-23-,26-24-. The second-order valence-corrected chi connectivity index (χ2v) is 17.1. The Kier molecular flexibility index (Phi) is 46.9. The second kappa shape index (κ2) is 49.0. The predicted octanol–water partition coefficient (Wildman–Crippen LogP) is 16.7. The van der Waals surface area contributed by atoms with Gasteiger partial charge in [0, 0.05) is 19.3 Å². The molecule has 0 aromatic rings. The minimum absolute atomic E-state index is 0.0775. The molecule has 60 heavy (non-hydrogen) atoms. The summed E-state index contributed by atoms with van der Waals surface area (Å²) < 4.78 is 16.8. The first-order chi connectivity index (χ1) is 29.5. The van der Waals surface area contributed by atoms with Crippen LogP contribution in [0.15, 0.2) is 48.6 Å². The number of hydrogen-bond donors (Lipinski definition) is 0. The van der Waals surface area contributed by atoms with E-state index in [1.807, 2.05) is 0 Å². The average molecular weight is 841 g/mol.